The van der Waals surface area contributed by atoms with Gasteiger partial charge in [-0.1, -0.05) is 6.92 Å². The van der Waals surface area contributed by atoms with Gasteiger partial charge >= 0.3 is 5.97 Å². The van der Waals surface area contributed by atoms with Crippen molar-refractivity contribution in [2.75, 3.05) is 19.0 Å². The van der Waals surface area contributed by atoms with Crippen LogP contribution in [0.3, 0.4) is 0 Å². The molecule has 0 unspecified atom stereocenters. The summed E-state index contributed by atoms with van der Waals surface area (Å²) in [6.07, 6.45) is 1.36. The van der Waals surface area contributed by atoms with E-state index in [4.69, 9.17) is 9.47 Å². The number of aldehydes is 1. The molecule has 1 aromatic rings. The monoisotopic (exact) mass is 279 g/mol. The molecule has 0 saturated carbocycles. The lowest BCUT2D eigenvalue weighted by atomic mass is 9.98. The minimum absolute atomic E-state index is 0.287. The highest BCUT2D eigenvalue weighted by molar-refractivity contribution is 5.83. The topological polar surface area (TPSA) is 64.6 Å². The van der Waals surface area contributed by atoms with E-state index < -0.39 is 17.9 Å². The SMILES string of the molecule is CCOC(=O)[C@@H](Nc1ccc(OC)cc1)[C@H](C=O)CC. The Morgan fingerprint density at radius 2 is 1.95 bits per heavy atom. The lowest BCUT2D eigenvalue weighted by molar-refractivity contribution is -0.146. The van der Waals surface area contributed by atoms with Crippen LogP contribution in [-0.4, -0.2) is 32.0 Å². The van der Waals surface area contributed by atoms with E-state index in [0.717, 1.165) is 17.7 Å². The van der Waals surface area contributed by atoms with E-state index in [1.54, 1.807) is 38.3 Å². The first-order valence-corrected chi connectivity index (χ1v) is 6.68. The van der Waals surface area contributed by atoms with Crippen LogP contribution < -0.4 is 10.1 Å². The number of benzene rings is 1. The fourth-order valence-electron chi connectivity index (χ4n) is 1.85. The van der Waals surface area contributed by atoms with Crippen LogP contribution in [0.4, 0.5) is 5.69 Å². The van der Waals surface area contributed by atoms with E-state index in [1.165, 1.54) is 0 Å². The van der Waals surface area contributed by atoms with Crippen molar-refractivity contribution in [2.24, 2.45) is 5.92 Å². The molecule has 1 N–H and O–H groups in total. The highest BCUT2D eigenvalue weighted by Crippen LogP contribution is 2.19. The lowest BCUT2D eigenvalue weighted by Crippen LogP contribution is -2.39. The number of methoxy groups -OCH3 is 1. The van der Waals surface area contributed by atoms with Crippen molar-refractivity contribution in [3.63, 3.8) is 0 Å². The molecule has 0 bridgehead atoms. The molecule has 1 rings (SSSR count). The van der Waals surface area contributed by atoms with Crippen molar-refractivity contribution in [2.45, 2.75) is 26.3 Å². The normalized spacial score (nSPS) is 13.2. The van der Waals surface area contributed by atoms with E-state index in [9.17, 15) is 9.59 Å². The van der Waals surface area contributed by atoms with Gasteiger partial charge in [0.1, 0.15) is 18.1 Å². The van der Waals surface area contributed by atoms with Crippen molar-refractivity contribution in [1.82, 2.24) is 0 Å². The molecule has 0 radical (unpaired) electrons. The first-order chi connectivity index (χ1) is 9.65. The van der Waals surface area contributed by atoms with Crippen LogP contribution in [0.15, 0.2) is 24.3 Å². The Labute approximate surface area is 119 Å². The molecule has 0 amide bonds. The maximum Gasteiger partial charge on any atom is 0.329 e. The molecule has 0 saturated heterocycles. The Bertz CT molecular complexity index is 430. The largest absolute Gasteiger partial charge is 0.497 e. The van der Waals surface area contributed by atoms with Crippen molar-refractivity contribution in [3.8, 4) is 5.75 Å². The van der Waals surface area contributed by atoms with Crippen molar-refractivity contribution >= 4 is 17.9 Å². The molecule has 0 aliphatic rings. The fraction of sp³-hybridized carbons (Fsp3) is 0.467. The zero-order chi connectivity index (χ0) is 15.0. The van der Waals surface area contributed by atoms with Crippen LogP contribution in [0.5, 0.6) is 5.75 Å². The van der Waals surface area contributed by atoms with Gasteiger partial charge in [-0.15, -0.1) is 0 Å². The van der Waals surface area contributed by atoms with Crippen LogP contribution >= 0.6 is 0 Å². The molecule has 0 aliphatic carbocycles. The van der Waals surface area contributed by atoms with Crippen LogP contribution in [-0.2, 0) is 14.3 Å². The Morgan fingerprint density at radius 3 is 2.40 bits per heavy atom. The summed E-state index contributed by atoms with van der Waals surface area (Å²) in [5, 5.41) is 3.06. The second-order valence-corrected chi connectivity index (χ2v) is 4.31. The van der Waals surface area contributed by atoms with Gasteiger partial charge in [-0.25, -0.2) is 4.79 Å². The second-order valence-electron chi connectivity index (χ2n) is 4.31. The Kier molecular flexibility index (Phi) is 6.56. The predicted octanol–water partition coefficient (Wildman–Crippen LogP) is 2.26. The summed E-state index contributed by atoms with van der Waals surface area (Å²) < 4.78 is 10.1. The molecule has 0 aromatic heterocycles. The molecule has 110 valence electrons. The third-order valence-corrected chi connectivity index (χ3v) is 3.03. The molecule has 0 aliphatic heterocycles. The first-order valence-electron chi connectivity index (χ1n) is 6.68. The highest BCUT2D eigenvalue weighted by atomic mass is 16.5. The van der Waals surface area contributed by atoms with E-state index in [1.807, 2.05) is 6.92 Å². The summed E-state index contributed by atoms with van der Waals surface area (Å²) in [4.78, 5) is 23.1. The number of hydrogen-bond acceptors (Lipinski definition) is 5. The van der Waals surface area contributed by atoms with Gasteiger partial charge in [0.25, 0.3) is 0 Å². The van der Waals surface area contributed by atoms with Gasteiger partial charge in [0, 0.05) is 11.6 Å². The highest BCUT2D eigenvalue weighted by Gasteiger charge is 2.28. The standard InChI is InChI=1S/C15H21NO4/c1-4-11(10-17)14(15(18)20-5-2)16-12-6-8-13(19-3)9-7-12/h6-11,14,16H,4-5H2,1-3H3/t11-,14-/m0/s1. The summed E-state index contributed by atoms with van der Waals surface area (Å²) in [7, 11) is 1.59. The minimum atomic E-state index is -0.675. The number of nitrogens with one attached hydrogen (secondary N) is 1. The lowest BCUT2D eigenvalue weighted by Gasteiger charge is -2.22. The summed E-state index contributed by atoms with van der Waals surface area (Å²) in [5.41, 5.74) is 0.740. The molecule has 5 heteroatoms. The summed E-state index contributed by atoms with van der Waals surface area (Å²) in [5.74, 6) is -0.107. The maximum absolute atomic E-state index is 12.0. The average molecular weight is 279 g/mol. The van der Waals surface area contributed by atoms with Gasteiger partial charge in [0.05, 0.1) is 13.7 Å². The van der Waals surface area contributed by atoms with Crippen LogP contribution in [0.2, 0.25) is 0 Å². The molecule has 2 atom stereocenters. The molecule has 1 aromatic carbocycles. The van der Waals surface area contributed by atoms with E-state index >= 15 is 0 Å². The Morgan fingerprint density at radius 1 is 1.30 bits per heavy atom. The van der Waals surface area contributed by atoms with Crippen LogP contribution in [0, 0.1) is 5.92 Å². The first kappa shape index (κ1) is 16.0. The second kappa shape index (κ2) is 8.19. The van der Waals surface area contributed by atoms with Gasteiger partial charge < -0.3 is 19.6 Å². The van der Waals surface area contributed by atoms with E-state index in [-0.39, 0.29) is 6.61 Å². The number of carbonyl (C=O) groups excluding carboxylic acids is 2. The third kappa shape index (κ3) is 4.26. The number of rotatable bonds is 8. The predicted molar refractivity (Wildman–Crippen MR) is 76.9 cm³/mol. The van der Waals surface area contributed by atoms with Crippen molar-refractivity contribution in [1.29, 1.82) is 0 Å². The molecule has 20 heavy (non-hydrogen) atoms. The quantitative estimate of drug-likeness (QED) is 0.584. The van der Waals surface area contributed by atoms with Crippen LogP contribution in [0.1, 0.15) is 20.3 Å². The molecule has 0 fully saturated rings. The van der Waals surface area contributed by atoms with Crippen molar-refractivity contribution in [3.05, 3.63) is 24.3 Å². The molecule has 5 nitrogen and oxygen atoms in total. The average Bonchev–Trinajstić information content (AvgIpc) is 2.48. The summed E-state index contributed by atoms with van der Waals surface area (Å²) in [6, 6.07) is 6.48. The summed E-state index contributed by atoms with van der Waals surface area (Å²) in [6.45, 7) is 3.89. The Hall–Kier alpha value is -2.04. The zero-order valence-corrected chi connectivity index (χ0v) is 12.1. The van der Waals surface area contributed by atoms with Gasteiger partial charge in [-0.3, -0.25) is 0 Å². The zero-order valence-electron chi connectivity index (χ0n) is 12.1. The minimum Gasteiger partial charge on any atom is -0.497 e. The molecular formula is C15H21NO4. The van der Waals surface area contributed by atoms with Gasteiger partial charge in [0.15, 0.2) is 0 Å². The van der Waals surface area contributed by atoms with E-state index in [2.05, 4.69) is 5.32 Å². The molecular weight excluding hydrogens is 258 g/mol. The van der Waals surface area contributed by atoms with Gasteiger partial charge in [0.2, 0.25) is 0 Å². The molecule has 0 spiro atoms. The number of ether oxygens (including phenoxy) is 2. The number of anilines is 1. The summed E-state index contributed by atoms with van der Waals surface area (Å²) >= 11 is 0. The third-order valence-electron chi connectivity index (χ3n) is 3.03. The van der Waals surface area contributed by atoms with E-state index in [0.29, 0.717) is 6.42 Å². The number of esters is 1. The number of carbonyl (C=O) groups is 2. The fourth-order valence-corrected chi connectivity index (χ4v) is 1.85. The van der Waals surface area contributed by atoms with Gasteiger partial charge in [-0.2, -0.15) is 0 Å². The maximum atomic E-state index is 12.0. The molecule has 0 heterocycles. The van der Waals surface area contributed by atoms with Crippen LogP contribution in [0.25, 0.3) is 0 Å². The van der Waals surface area contributed by atoms with Gasteiger partial charge in [-0.05, 0) is 37.6 Å². The van der Waals surface area contributed by atoms with Crippen molar-refractivity contribution < 1.29 is 19.1 Å². The smallest absolute Gasteiger partial charge is 0.329 e. The number of hydrogen-bond donors (Lipinski definition) is 1. The Balaban J connectivity index is 2.86.